The lowest BCUT2D eigenvalue weighted by molar-refractivity contribution is 0.136. The second-order valence-corrected chi connectivity index (χ2v) is 4.47. The molecule has 0 aromatic carbocycles. The van der Waals surface area contributed by atoms with Crippen molar-refractivity contribution in [1.82, 2.24) is 0 Å². The lowest BCUT2D eigenvalue weighted by Crippen LogP contribution is -2.10. The van der Waals surface area contributed by atoms with Crippen LogP contribution in [0.1, 0.15) is 20.3 Å². The third-order valence-electron chi connectivity index (χ3n) is 2.43. The van der Waals surface area contributed by atoms with Crippen LogP contribution >= 0.6 is 11.8 Å². The van der Waals surface area contributed by atoms with Crippen molar-refractivity contribution in [2.24, 2.45) is 5.73 Å². The van der Waals surface area contributed by atoms with E-state index in [0.717, 1.165) is 22.7 Å². The predicted molar refractivity (Wildman–Crippen MR) is 71.2 cm³/mol. The molecule has 88 valence electrons. The second kappa shape index (κ2) is 6.64. The average Bonchev–Trinajstić information content (AvgIpc) is 2.51. The summed E-state index contributed by atoms with van der Waals surface area (Å²) in [6, 6.07) is 0. The van der Waals surface area contributed by atoms with Crippen molar-refractivity contribution in [3.8, 4) is 0 Å². The van der Waals surface area contributed by atoms with Crippen molar-refractivity contribution >= 4 is 11.8 Å². The van der Waals surface area contributed by atoms with Gasteiger partial charge in [-0.05, 0) is 37.8 Å². The third kappa shape index (κ3) is 3.60. The van der Waals surface area contributed by atoms with Crippen LogP contribution in [0, 0.1) is 0 Å². The van der Waals surface area contributed by atoms with E-state index in [2.05, 4.69) is 19.6 Å². The van der Waals surface area contributed by atoms with E-state index in [1.807, 2.05) is 24.5 Å². The molecule has 0 amide bonds. The molecular formula is C13H19NOS. The molecule has 2 nitrogen and oxygen atoms in total. The highest BCUT2D eigenvalue weighted by atomic mass is 32.2. The smallest absolute Gasteiger partial charge is 0.124 e. The first-order chi connectivity index (χ1) is 7.71. The minimum absolute atomic E-state index is 0.213. The summed E-state index contributed by atoms with van der Waals surface area (Å²) in [4.78, 5) is 1.09. The molecule has 16 heavy (non-hydrogen) atoms. The summed E-state index contributed by atoms with van der Waals surface area (Å²) in [5.74, 6) is 0.869. The SMILES string of the molecule is CCC(C)OC1=C(CN)C=C=C(SC)C=C1. The molecule has 0 saturated carbocycles. The Labute approximate surface area is 102 Å². The summed E-state index contributed by atoms with van der Waals surface area (Å²) < 4.78 is 5.84. The van der Waals surface area contributed by atoms with Gasteiger partial charge in [0, 0.05) is 17.0 Å². The third-order valence-corrected chi connectivity index (χ3v) is 3.13. The maximum Gasteiger partial charge on any atom is 0.124 e. The Balaban J connectivity index is 2.91. The van der Waals surface area contributed by atoms with Gasteiger partial charge in [-0.3, -0.25) is 0 Å². The van der Waals surface area contributed by atoms with Crippen LogP contribution in [0.25, 0.3) is 0 Å². The van der Waals surface area contributed by atoms with Crippen LogP contribution in [0.4, 0.5) is 0 Å². The summed E-state index contributed by atoms with van der Waals surface area (Å²) in [6.07, 6.45) is 9.15. The molecule has 1 aliphatic rings. The number of rotatable bonds is 5. The minimum atomic E-state index is 0.213. The quantitative estimate of drug-likeness (QED) is 0.747. The first-order valence-electron chi connectivity index (χ1n) is 5.49. The highest BCUT2D eigenvalue weighted by Crippen LogP contribution is 2.20. The Kier molecular flexibility index (Phi) is 5.47. The van der Waals surface area contributed by atoms with E-state index in [1.165, 1.54) is 0 Å². The van der Waals surface area contributed by atoms with Gasteiger partial charge < -0.3 is 10.5 Å². The lowest BCUT2D eigenvalue weighted by atomic mass is 10.2. The number of thioether (sulfide) groups is 1. The molecule has 3 heteroatoms. The second-order valence-electron chi connectivity index (χ2n) is 3.62. The fourth-order valence-electron chi connectivity index (χ4n) is 1.24. The van der Waals surface area contributed by atoms with Gasteiger partial charge in [-0.15, -0.1) is 17.5 Å². The Morgan fingerprint density at radius 3 is 2.81 bits per heavy atom. The predicted octanol–water partition coefficient (Wildman–Crippen LogP) is 2.99. The number of ether oxygens (including phenoxy) is 1. The van der Waals surface area contributed by atoms with Crippen LogP contribution in [0.3, 0.4) is 0 Å². The molecule has 0 heterocycles. The van der Waals surface area contributed by atoms with E-state index >= 15 is 0 Å². The zero-order valence-corrected chi connectivity index (χ0v) is 10.9. The standard InChI is InChI=1S/C13H19NOS/c1-4-10(2)15-13-8-7-12(16-3)6-5-11(13)9-14/h5,7-8,10H,4,9,14H2,1-3H3. The maximum absolute atomic E-state index is 5.84. The van der Waals surface area contributed by atoms with Gasteiger partial charge in [-0.25, -0.2) is 0 Å². The van der Waals surface area contributed by atoms with Gasteiger partial charge in [0.25, 0.3) is 0 Å². The van der Waals surface area contributed by atoms with E-state index in [4.69, 9.17) is 10.5 Å². The van der Waals surface area contributed by atoms with Crippen molar-refractivity contribution in [3.05, 3.63) is 40.2 Å². The van der Waals surface area contributed by atoms with E-state index in [9.17, 15) is 0 Å². The molecular weight excluding hydrogens is 218 g/mol. The van der Waals surface area contributed by atoms with Crippen molar-refractivity contribution in [1.29, 1.82) is 0 Å². The summed E-state index contributed by atoms with van der Waals surface area (Å²) >= 11 is 1.66. The highest BCUT2D eigenvalue weighted by molar-refractivity contribution is 8.02. The molecule has 0 radical (unpaired) electrons. The monoisotopic (exact) mass is 237 g/mol. The molecule has 0 fully saturated rings. The summed E-state index contributed by atoms with van der Waals surface area (Å²) in [7, 11) is 0. The topological polar surface area (TPSA) is 35.2 Å². The molecule has 2 N–H and O–H groups in total. The van der Waals surface area contributed by atoms with Gasteiger partial charge in [0.15, 0.2) is 0 Å². The molecule has 0 aliphatic heterocycles. The van der Waals surface area contributed by atoms with Crippen LogP contribution in [-0.2, 0) is 4.74 Å². The number of hydrogen-bond donors (Lipinski definition) is 1. The fourth-order valence-corrected chi connectivity index (χ4v) is 1.62. The summed E-state index contributed by atoms with van der Waals surface area (Å²) in [5, 5.41) is 0. The molecule has 0 aromatic heterocycles. The molecule has 1 atom stereocenters. The zero-order valence-electron chi connectivity index (χ0n) is 10.1. The Hall–Kier alpha value is -0.890. The van der Waals surface area contributed by atoms with Gasteiger partial charge in [-0.1, -0.05) is 6.92 Å². The van der Waals surface area contributed by atoms with Crippen LogP contribution < -0.4 is 5.73 Å². The van der Waals surface area contributed by atoms with E-state index in [0.29, 0.717) is 6.54 Å². The number of nitrogens with two attached hydrogens (primary N) is 1. The molecule has 0 saturated heterocycles. The van der Waals surface area contributed by atoms with Gasteiger partial charge in [0.1, 0.15) is 5.76 Å². The van der Waals surface area contributed by atoms with Crippen LogP contribution in [0.5, 0.6) is 0 Å². The normalized spacial score (nSPS) is 17.1. The summed E-state index contributed by atoms with van der Waals surface area (Å²) in [6.45, 7) is 4.65. The fraction of sp³-hybridized carbons (Fsp3) is 0.462. The van der Waals surface area contributed by atoms with Gasteiger partial charge in [-0.2, -0.15) is 0 Å². The Morgan fingerprint density at radius 2 is 2.25 bits per heavy atom. The zero-order chi connectivity index (χ0) is 12.0. The van der Waals surface area contributed by atoms with Crippen molar-refractivity contribution in [2.45, 2.75) is 26.4 Å². The molecule has 1 unspecified atom stereocenters. The van der Waals surface area contributed by atoms with E-state index in [1.54, 1.807) is 11.8 Å². The first-order valence-corrected chi connectivity index (χ1v) is 6.72. The van der Waals surface area contributed by atoms with Crippen molar-refractivity contribution in [2.75, 3.05) is 12.8 Å². The largest absolute Gasteiger partial charge is 0.490 e. The number of allylic oxidation sites excluding steroid dienone is 1. The van der Waals surface area contributed by atoms with Crippen LogP contribution in [0.15, 0.2) is 40.2 Å². The van der Waals surface area contributed by atoms with Gasteiger partial charge in [0.05, 0.1) is 6.10 Å². The lowest BCUT2D eigenvalue weighted by Gasteiger charge is -2.15. The van der Waals surface area contributed by atoms with Gasteiger partial charge in [0.2, 0.25) is 0 Å². The molecule has 0 spiro atoms. The molecule has 1 aliphatic carbocycles. The van der Waals surface area contributed by atoms with Crippen molar-refractivity contribution in [3.63, 3.8) is 0 Å². The van der Waals surface area contributed by atoms with E-state index in [-0.39, 0.29) is 6.10 Å². The highest BCUT2D eigenvalue weighted by Gasteiger charge is 2.07. The Morgan fingerprint density at radius 1 is 1.50 bits per heavy atom. The maximum atomic E-state index is 5.84. The molecule has 0 aromatic rings. The summed E-state index contributed by atoms with van der Waals surface area (Å²) in [5.41, 5.74) is 9.91. The first kappa shape index (κ1) is 13.2. The van der Waals surface area contributed by atoms with Crippen LogP contribution in [-0.4, -0.2) is 18.9 Å². The molecule has 1 rings (SSSR count). The van der Waals surface area contributed by atoms with Crippen LogP contribution in [0.2, 0.25) is 0 Å². The average molecular weight is 237 g/mol. The Bertz CT molecular complexity index is 362. The van der Waals surface area contributed by atoms with Gasteiger partial charge >= 0.3 is 0 Å². The number of hydrogen-bond acceptors (Lipinski definition) is 3. The van der Waals surface area contributed by atoms with Crippen molar-refractivity contribution < 1.29 is 4.74 Å². The molecule has 0 bridgehead atoms. The van der Waals surface area contributed by atoms with E-state index < -0.39 is 0 Å². The minimum Gasteiger partial charge on any atom is -0.490 e.